The number of fused-ring (bicyclic) bond motifs is 4. The van der Waals surface area contributed by atoms with Gasteiger partial charge in [-0.1, -0.05) is 31.5 Å². The SMILES string of the molecule is CCOC1[C@@H]2C[C@H](CC)[C@@H]3N1CCc1c([nH]c4ccccc14)[C@]3(C(=O)OC)C2. The summed E-state index contributed by atoms with van der Waals surface area (Å²) in [5, 5.41) is 1.24. The van der Waals surface area contributed by atoms with Crippen LogP contribution < -0.4 is 0 Å². The van der Waals surface area contributed by atoms with Crippen LogP contribution in [-0.4, -0.2) is 48.4 Å². The predicted octanol–water partition coefficient (Wildman–Crippen LogP) is 3.62. The van der Waals surface area contributed by atoms with Gasteiger partial charge in [-0.05, 0) is 43.7 Å². The summed E-state index contributed by atoms with van der Waals surface area (Å²) >= 11 is 0. The van der Waals surface area contributed by atoms with Crippen LogP contribution in [0.25, 0.3) is 10.9 Å². The van der Waals surface area contributed by atoms with Crippen LogP contribution in [0, 0.1) is 11.8 Å². The molecule has 4 aliphatic rings. The van der Waals surface area contributed by atoms with E-state index in [4.69, 9.17) is 9.47 Å². The molecule has 1 aromatic heterocycles. The Hall–Kier alpha value is -1.85. The van der Waals surface area contributed by atoms with Crippen LogP contribution in [0.2, 0.25) is 0 Å². The number of hydrogen-bond acceptors (Lipinski definition) is 4. The van der Waals surface area contributed by atoms with Crippen molar-refractivity contribution in [2.45, 2.75) is 57.2 Å². The Balaban J connectivity index is 1.76. The van der Waals surface area contributed by atoms with Gasteiger partial charge in [0.2, 0.25) is 0 Å². The van der Waals surface area contributed by atoms with Gasteiger partial charge in [0.1, 0.15) is 11.6 Å². The molecule has 28 heavy (non-hydrogen) atoms. The van der Waals surface area contributed by atoms with Crippen LogP contribution in [0.5, 0.6) is 0 Å². The van der Waals surface area contributed by atoms with Crippen LogP contribution in [0.3, 0.4) is 0 Å². The Labute approximate surface area is 166 Å². The van der Waals surface area contributed by atoms with Crippen molar-refractivity contribution >= 4 is 16.9 Å². The van der Waals surface area contributed by atoms with Gasteiger partial charge >= 0.3 is 5.97 Å². The quantitative estimate of drug-likeness (QED) is 0.821. The number of nitrogens with one attached hydrogen (secondary N) is 1. The van der Waals surface area contributed by atoms with Gasteiger partial charge in [0.25, 0.3) is 0 Å². The Morgan fingerprint density at radius 2 is 2.14 bits per heavy atom. The number of H-pyrrole nitrogens is 1. The van der Waals surface area contributed by atoms with E-state index in [0.29, 0.717) is 18.4 Å². The van der Waals surface area contributed by atoms with Gasteiger partial charge in [0.15, 0.2) is 0 Å². The highest BCUT2D eigenvalue weighted by Crippen LogP contribution is 2.57. The molecular formula is C23H30N2O3. The number of ether oxygens (including phenoxy) is 2. The van der Waals surface area contributed by atoms with Crippen LogP contribution >= 0.6 is 0 Å². The lowest BCUT2D eigenvalue weighted by Gasteiger charge is -2.60. The third-order valence-electron chi connectivity index (χ3n) is 7.52. The van der Waals surface area contributed by atoms with Crippen molar-refractivity contribution in [2.24, 2.45) is 11.8 Å². The van der Waals surface area contributed by atoms with E-state index in [0.717, 1.165) is 43.4 Å². The average molecular weight is 383 g/mol. The number of aromatic nitrogens is 1. The van der Waals surface area contributed by atoms with E-state index in [1.54, 1.807) is 0 Å². The van der Waals surface area contributed by atoms with Crippen LogP contribution in [0.4, 0.5) is 0 Å². The molecule has 0 spiro atoms. The fourth-order valence-electron chi connectivity index (χ4n) is 6.62. The first-order chi connectivity index (χ1) is 13.7. The number of piperidine rings is 2. The van der Waals surface area contributed by atoms with Gasteiger partial charge in [-0.15, -0.1) is 0 Å². The van der Waals surface area contributed by atoms with Gasteiger partial charge in [-0.25, -0.2) is 0 Å². The number of carbonyl (C=O) groups excluding carboxylic acids is 1. The average Bonchev–Trinajstić information content (AvgIpc) is 3.06. The molecule has 3 aliphatic heterocycles. The van der Waals surface area contributed by atoms with E-state index >= 15 is 0 Å². The molecule has 2 saturated heterocycles. The molecule has 5 nitrogen and oxygen atoms in total. The van der Waals surface area contributed by atoms with Crippen molar-refractivity contribution in [1.82, 2.24) is 9.88 Å². The summed E-state index contributed by atoms with van der Waals surface area (Å²) < 4.78 is 11.7. The van der Waals surface area contributed by atoms with Crippen LogP contribution in [0.15, 0.2) is 24.3 Å². The number of rotatable bonds is 4. The lowest BCUT2D eigenvalue weighted by molar-refractivity contribution is -0.211. The second-order valence-corrected chi connectivity index (χ2v) is 8.63. The lowest BCUT2D eigenvalue weighted by Crippen LogP contribution is -2.71. The molecular weight excluding hydrogens is 352 g/mol. The Kier molecular flexibility index (Phi) is 4.29. The van der Waals surface area contributed by atoms with E-state index in [1.807, 2.05) is 0 Å². The maximum Gasteiger partial charge on any atom is 0.319 e. The molecule has 6 atom stereocenters. The number of benzene rings is 1. The first-order valence-corrected chi connectivity index (χ1v) is 10.7. The summed E-state index contributed by atoms with van der Waals surface area (Å²) in [6.45, 7) is 5.96. The largest absolute Gasteiger partial charge is 0.468 e. The minimum atomic E-state index is -0.628. The zero-order valence-corrected chi connectivity index (χ0v) is 17.0. The summed E-state index contributed by atoms with van der Waals surface area (Å²) in [6.07, 6.45) is 4.07. The van der Waals surface area contributed by atoms with Crippen molar-refractivity contribution in [3.8, 4) is 0 Å². The topological polar surface area (TPSA) is 54.6 Å². The van der Waals surface area contributed by atoms with Gasteiger partial charge in [-0.2, -0.15) is 0 Å². The third-order valence-corrected chi connectivity index (χ3v) is 7.52. The van der Waals surface area contributed by atoms with Gasteiger partial charge in [0.05, 0.1) is 7.11 Å². The highest BCUT2D eigenvalue weighted by Gasteiger charge is 2.65. The maximum absolute atomic E-state index is 13.5. The normalized spacial score (nSPS) is 36.2. The number of hydrogen-bond donors (Lipinski definition) is 1. The highest BCUT2D eigenvalue weighted by molar-refractivity contribution is 5.91. The number of methoxy groups -OCH3 is 1. The Morgan fingerprint density at radius 1 is 1.32 bits per heavy atom. The Morgan fingerprint density at radius 3 is 2.89 bits per heavy atom. The minimum Gasteiger partial charge on any atom is -0.468 e. The van der Waals surface area contributed by atoms with Crippen molar-refractivity contribution in [1.29, 1.82) is 0 Å². The fourth-order valence-corrected chi connectivity index (χ4v) is 6.62. The molecule has 1 aromatic carbocycles. The van der Waals surface area contributed by atoms with Crippen LogP contribution in [-0.2, 0) is 26.1 Å². The molecule has 5 heteroatoms. The fraction of sp³-hybridized carbons (Fsp3) is 0.609. The van der Waals surface area contributed by atoms with Gasteiger partial charge < -0.3 is 14.5 Å². The molecule has 2 unspecified atom stereocenters. The standard InChI is InChI=1S/C23H30N2O3/c1-4-14-12-15-13-23(22(26)27-3)19-17(16-8-6-7-9-18(16)24-19)10-11-25(20(14)23)21(15)28-5-2/h6-9,14-15,20-21,24H,4-5,10-13H2,1-3H3/t14-,15+,20-,21?,23+/m0/s1. The predicted molar refractivity (Wildman–Crippen MR) is 108 cm³/mol. The molecule has 1 aliphatic carbocycles. The van der Waals surface area contributed by atoms with E-state index in [-0.39, 0.29) is 18.2 Å². The molecule has 4 bridgehead atoms. The van der Waals surface area contributed by atoms with Gasteiger partial charge in [-0.3, -0.25) is 9.69 Å². The van der Waals surface area contributed by atoms with Crippen LogP contribution in [0.1, 0.15) is 44.4 Å². The summed E-state index contributed by atoms with van der Waals surface area (Å²) in [4.78, 5) is 19.7. The maximum atomic E-state index is 13.5. The first kappa shape index (κ1) is 18.2. The lowest BCUT2D eigenvalue weighted by atomic mass is 9.55. The Bertz CT molecular complexity index is 906. The second kappa shape index (κ2) is 6.60. The van der Waals surface area contributed by atoms with Crippen molar-refractivity contribution in [2.75, 3.05) is 20.3 Å². The molecule has 6 rings (SSSR count). The van der Waals surface area contributed by atoms with E-state index in [2.05, 4.69) is 48.0 Å². The second-order valence-electron chi connectivity index (χ2n) is 8.63. The summed E-state index contributed by atoms with van der Waals surface area (Å²) in [6, 6.07) is 8.56. The zero-order chi connectivity index (χ0) is 19.5. The third kappa shape index (κ3) is 2.23. The van der Waals surface area contributed by atoms with E-state index in [1.165, 1.54) is 18.1 Å². The number of nitrogens with zero attached hydrogens (tertiary/aromatic N) is 1. The zero-order valence-electron chi connectivity index (χ0n) is 17.0. The molecule has 3 fully saturated rings. The monoisotopic (exact) mass is 382 g/mol. The summed E-state index contributed by atoms with van der Waals surface area (Å²) in [5.74, 6) is 0.744. The minimum absolute atomic E-state index is 0.0877. The highest BCUT2D eigenvalue weighted by atomic mass is 16.5. The molecule has 0 radical (unpaired) electrons. The molecule has 2 aromatic rings. The smallest absolute Gasteiger partial charge is 0.319 e. The molecule has 1 saturated carbocycles. The molecule has 0 amide bonds. The molecule has 150 valence electrons. The number of para-hydroxylation sites is 1. The van der Waals surface area contributed by atoms with Gasteiger partial charge in [0, 0.05) is 41.7 Å². The molecule has 4 heterocycles. The first-order valence-electron chi connectivity index (χ1n) is 10.7. The van der Waals surface area contributed by atoms with Crippen molar-refractivity contribution in [3.05, 3.63) is 35.5 Å². The van der Waals surface area contributed by atoms with Crippen molar-refractivity contribution in [3.63, 3.8) is 0 Å². The van der Waals surface area contributed by atoms with E-state index < -0.39 is 5.41 Å². The number of aromatic amines is 1. The van der Waals surface area contributed by atoms with Crippen molar-refractivity contribution < 1.29 is 14.3 Å². The summed E-state index contributed by atoms with van der Waals surface area (Å²) in [5.41, 5.74) is 2.89. The van der Waals surface area contributed by atoms with E-state index in [9.17, 15) is 4.79 Å². The molecule has 1 N–H and O–H groups in total. The number of esters is 1. The summed E-state index contributed by atoms with van der Waals surface area (Å²) in [7, 11) is 1.54. The number of carbonyl (C=O) groups is 1.